The summed E-state index contributed by atoms with van der Waals surface area (Å²) in [6, 6.07) is 5.80. The van der Waals surface area contributed by atoms with E-state index in [1.807, 2.05) is 18.2 Å². The second-order valence-corrected chi connectivity index (χ2v) is 5.22. The molecule has 0 saturated heterocycles. The second kappa shape index (κ2) is 5.73. The number of benzene rings is 1. The Bertz CT molecular complexity index is 557. The maximum absolute atomic E-state index is 12.0. The maximum Gasteiger partial charge on any atom is 0.265 e. The first-order valence-corrected chi connectivity index (χ1v) is 7.04. The molecule has 21 heavy (non-hydrogen) atoms. The Morgan fingerprint density at radius 3 is 2.95 bits per heavy atom. The fourth-order valence-corrected chi connectivity index (χ4v) is 2.49. The van der Waals surface area contributed by atoms with Gasteiger partial charge in [0.15, 0.2) is 6.61 Å². The van der Waals surface area contributed by atoms with E-state index in [1.54, 1.807) is 16.9 Å². The van der Waals surface area contributed by atoms with Crippen molar-refractivity contribution in [1.29, 1.82) is 0 Å². The summed E-state index contributed by atoms with van der Waals surface area (Å²) in [6.07, 6.45) is 2.90. The highest BCUT2D eigenvalue weighted by Gasteiger charge is 2.31. The Kier molecular flexibility index (Phi) is 3.79. The number of carbonyl (C=O) groups is 2. The molecule has 3 rings (SSSR count). The number of carbonyl (C=O) groups excluding carboxylic acids is 2. The molecule has 0 bridgehead atoms. The van der Waals surface area contributed by atoms with Crippen LogP contribution in [-0.2, 0) is 14.3 Å². The van der Waals surface area contributed by atoms with Crippen molar-refractivity contribution in [2.75, 3.05) is 36.7 Å². The largest absolute Gasteiger partial charge is 0.482 e. The lowest BCUT2D eigenvalue weighted by Gasteiger charge is -2.30. The van der Waals surface area contributed by atoms with Gasteiger partial charge in [-0.15, -0.1) is 0 Å². The number of anilines is 2. The molecule has 0 radical (unpaired) electrons. The minimum absolute atomic E-state index is 0.0378. The number of fused-ring (bicyclic) bond motifs is 1. The van der Waals surface area contributed by atoms with E-state index < -0.39 is 0 Å². The van der Waals surface area contributed by atoms with E-state index >= 15 is 0 Å². The summed E-state index contributed by atoms with van der Waals surface area (Å²) in [5.74, 6) is 0.567. The normalized spacial score (nSPS) is 17.2. The molecule has 2 amide bonds. The Labute approximate surface area is 123 Å². The molecule has 1 aromatic carbocycles. The van der Waals surface area contributed by atoms with Gasteiger partial charge in [-0.25, -0.2) is 0 Å². The van der Waals surface area contributed by atoms with Gasteiger partial charge in [-0.1, -0.05) is 0 Å². The van der Waals surface area contributed by atoms with Gasteiger partial charge in [0.25, 0.3) is 5.91 Å². The van der Waals surface area contributed by atoms with E-state index in [1.165, 1.54) is 0 Å². The summed E-state index contributed by atoms with van der Waals surface area (Å²) in [4.78, 5) is 26.7. The lowest BCUT2D eigenvalue weighted by atomic mass is 10.2. The molecule has 1 saturated carbocycles. The Morgan fingerprint density at radius 2 is 2.29 bits per heavy atom. The highest BCUT2D eigenvalue weighted by atomic mass is 16.5. The average Bonchev–Trinajstić information content (AvgIpc) is 3.32. The quantitative estimate of drug-likeness (QED) is 0.738. The zero-order valence-corrected chi connectivity index (χ0v) is 11.9. The number of amides is 2. The van der Waals surface area contributed by atoms with Crippen LogP contribution in [0.15, 0.2) is 18.2 Å². The van der Waals surface area contributed by atoms with Gasteiger partial charge in [-0.2, -0.15) is 0 Å². The first-order chi connectivity index (χ1) is 10.2. The molecular formula is C15H18N2O4. The first-order valence-electron chi connectivity index (χ1n) is 7.04. The topological polar surface area (TPSA) is 59.1 Å². The van der Waals surface area contributed by atoms with Crippen molar-refractivity contribution in [3.63, 3.8) is 0 Å². The molecular weight excluding hydrogens is 272 g/mol. The number of nitrogens with zero attached hydrogens (tertiary/aromatic N) is 2. The zero-order valence-electron chi connectivity index (χ0n) is 11.9. The van der Waals surface area contributed by atoms with Crippen LogP contribution in [0.3, 0.4) is 0 Å². The van der Waals surface area contributed by atoms with E-state index in [-0.39, 0.29) is 18.6 Å². The molecule has 1 fully saturated rings. The van der Waals surface area contributed by atoms with Gasteiger partial charge >= 0.3 is 0 Å². The standard InChI is InChI=1S/C15H18N2O4/c1-20-7-6-16-13-8-12(17(10-18)11-2-3-11)4-5-14(13)21-9-15(16)19/h4-5,8,10-11H,2-3,6-7,9H2,1H3. The molecule has 1 heterocycles. The van der Waals surface area contributed by atoms with Crippen LogP contribution in [0.1, 0.15) is 12.8 Å². The van der Waals surface area contributed by atoms with Crippen molar-refractivity contribution in [3.05, 3.63) is 18.2 Å². The van der Waals surface area contributed by atoms with E-state index in [0.29, 0.717) is 24.6 Å². The van der Waals surface area contributed by atoms with Crippen LogP contribution in [0.4, 0.5) is 11.4 Å². The van der Waals surface area contributed by atoms with Crippen molar-refractivity contribution in [3.8, 4) is 5.75 Å². The van der Waals surface area contributed by atoms with Crippen LogP contribution in [0.25, 0.3) is 0 Å². The predicted molar refractivity (Wildman–Crippen MR) is 77.7 cm³/mol. The third-order valence-corrected chi connectivity index (χ3v) is 3.76. The molecule has 0 spiro atoms. The number of hydrogen-bond donors (Lipinski definition) is 0. The Hall–Kier alpha value is -2.08. The molecule has 1 aromatic rings. The maximum atomic E-state index is 12.0. The number of methoxy groups -OCH3 is 1. The lowest BCUT2D eigenvalue weighted by Crippen LogP contribution is -2.40. The van der Waals surface area contributed by atoms with Crippen molar-refractivity contribution in [2.45, 2.75) is 18.9 Å². The second-order valence-electron chi connectivity index (χ2n) is 5.22. The molecule has 0 N–H and O–H groups in total. The summed E-state index contributed by atoms with van der Waals surface area (Å²) in [5.41, 5.74) is 1.50. The minimum atomic E-state index is -0.0965. The van der Waals surface area contributed by atoms with Crippen LogP contribution < -0.4 is 14.5 Å². The van der Waals surface area contributed by atoms with Gasteiger partial charge in [0.2, 0.25) is 6.41 Å². The third kappa shape index (κ3) is 2.71. The minimum Gasteiger partial charge on any atom is -0.482 e. The molecule has 6 nitrogen and oxygen atoms in total. The zero-order chi connectivity index (χ0) is 14.8. The van der Waals surface area contributed by atoms with Gasteiger partial charge in [0.05, 0.1) is 12.3 Å². The molecule has 0 atom stereocenters. The third-order valence-electron chi connectivity index (χ3n) is 3.76. The van der Waals surface area contributed by atoms with Gasteiger partial charge in [-0.3, -0.25) is 9.59 Å². The molecule has 1 aliphatic carbocycles. The summed E-state index contributed by atoms with van der Waals surface area (Å²) in [5, 5.41) is 0. The molecule has 112 valence electrons. The van der Waals surface area contributed by atoms with Crippen LogP contribution in [0, 0.1) is 0 Å². The molecule has 6 heteroatoms. The van der Waals surface area contributed by atoms with Gasteiger partial charge in [0, 0.05) is 25.4 Å². The average molecular weight is 290 g/mol. The number of ether oxygens (including phenoxy) is 2. The lowest BCUT2D eigenvalue weighted by molar-refractivity contribution is -0.121. The summed E-state index contributed by atoms with van der Waals surface area (Å²) >= 11 is 0. The predicted octanol–water partition coefficient (Wildman–Crippen LogP) is 1.18. The highest BCUT2D eigenvalue weighted by Crippen LogP contribution is 2.38. The molecule has 1 aliphatic heterocycles. The van der Waals surface area contributed by atoms with Crippen LogP contribution >= 0.6 is 0 Å². The van der Waals surface area contributed by atoms with Gasteiger partial charge in [-0.05, 0) is 31.0 Å². The monoisotopic (exact) mass is 290 g/mol. The van der Waals surface area contributed by atoms with Crippen molar-refractivity contribution in [2.24, 2.45) is 0 Å². The smallest absolute Gasteiger partial charge is 0.265 e. The van der Waals surface area contributed by atoms with Crippen LogP contribution in [0.5, 0.6) is 5.75 Å². The van der Waals surface area contributed by atoms with E-state index in [9.17, 15) is 9.59 Å². The van der Waals surface area contributed by atoms with E-state index in [0.717, 1.165) is 24.9 Å². The molecule has 0 unspecified atom stereocenters. The molecule has 2 aliphatic rings. The summed E-state index contributed by atoms with van der Waals surface area (Å²) in [7, 11) is 1.60. The number of rotatable bonds is 6. The van der Waals surface area contributed by atoms with Crippen molar-refractivity contribution in [1.82, 2.24) is 0 Å². The number of hydrogen-bond acceptors (Lipinski definition) is 4. The van der Waals surface area contributed by atoms with Crippen molar-refractivity contribution >= 4 is 23.7 Å². The highest BCUT2D eigenvalue weighted by molar-refractivity contribution is 5.98. The Balaban J connectivity index is 1.92. The fourth-order valence-electron chi connectivity index (χ4n) is 2.49. The van der Waals surface area contributed by atoms with E-state index in [2.05, 4.69) is 0 Å². The molecule has 0 aromatic heterocycles. The van der Waals surface area contributed by atoms with Crippen LogP contribution in [0.2, 0.25) is 0 Å². The van der Waals surface area contributed by atoms with Crippen molar-refractivity contribution < 1.29 is 19.1 Å². The SMILES string of the molecule is COCCN1C(=O)COc2ccc(N(C=O)C3CC3)cc21. The van der Waals surface area contributed by atoms with Crippen LogP contribution in [-0.4, -0.2) is 45.2 Å². The summed E-state index contributed by atoms with van der Waals surface area (Å²) in [6.45, 7) is 0.963. The Morgan fingerprint density at radius 1 is 1.48 bits per heavy atom. The van der Waals surface area contributed by atoms with Gasteiger partial charge < -0.3 is 19.3 Å². The summed E-state index contributed by atoms with van der Waals surface area (Å²) < 4.78 is 10.5. The fraction of sp³-hybridized carbons (Fsp3) is 0.467. The van der Waals surface area contributed by atoms with E-state index in [4.69, 9.17) is 9.47 Å². The first kappa shape index (κ1) is 13.9. The van der Waals surface area contributed by atoms with Gasteiger partial charge in [0.1, 0.15) is 5.75 Å².